The van der Waals surface area contributed by atoms with Gasteiger partial charge in [0.15, 0.2) is 0 Å². The number of alkyl halides is 3. The Kier molecular flexibility index (Phi) is 10.3. The maximum atomic E-state index is 12.2. The van der Waals surface area contributed by atoms with E-state index in [2.05, 4.69) is 27.0 Å². The molecule has 0 aromatic heterocycles. The summed E-state index contributed by atoms with van der Waals surface area (Å²) in [5.74, 6) is 0.555. The summed E-state index contributed by atoms with van der Waals surface area (Å²) in [4.78, 5) is 1.83. The molecule has 0 amide bonds. The molecule has 0 saturated heterocycles. The Morgan fingerprint density at radius 1 is 1.16 bits per heavy atom. The van der Waals surface area contributed by atoms with Crippen LogP contribution in [0.2, 0.25) is 0 Å². The van der Waals surface area contributed by atoms with E-state index in [0.29, 0.717) is 11.6 Å². The zero-order valence-electron chi connectivity index (χ0n) is 12.6. The Labute approximate surface area is 115 Å². The Morgan fingerprint density at radius 3 is 2.00 bits per heavy atom. The molecule has 0 bridgehead atoms. The van der Waals surface area contributed by atoms with Gasteiger partial charge in [0.05, 0.1) is 0 Å². The predicted octanol–water partition coefficient (Wildman–Crippen LogP) is 5.18. The molecule has 0 rings (SSSR count). The van der Waals surface area contributed by atoms with Crippen LogP contribution < -0.4 is 0 Å². The van der Waals surface area contributed by atoms with E-state index in [9.17, 15) is 13.2 Å². The van der Waals surface area contributed by atoms with Gasteiger partial charge >= 0.3 is 6.18 Å². The first-order chi connectivity index (χ1) is 8.64. The van der Waals surface area contributed by atoms with E-state index >= 15 is 0 Å². The lowest BCUT2D eigenvalue weighted by Gasteiger charge is -2.20. The molecule has 0 aliphatic rings. The van der Waals surface area contributed by atoms with Crippen molar-refractivity contribution in [2.45, 2.75) is 40.3 Å². The number of hydrogen-bond donors (Lipinski definition) is 0. The van der Waals surface area contributed by atoms with Gasteiger partial charge in [-0.05, 0) is 24.5 Å². The Balaban J connectivity index is 0. The van der Waals surface area contributed by atoms with Crippen LogP contribution in [0, 0.1) is 5.92 Å². The van der Waals surface area contributed by atoms with Gasteiger partial charge in [-0.1, -0.05) is 40.9 Å². The highest BCUT2D eigenvalue weighted by atomic mass is 19.4. The number of allylic oxidation sites excluding steroid dienone is 3. The molecule has 0 aromatic rings. The van der Waals surface area contributed by atoms with Gasteiger partial charge in [0.25, 0.3) is 0 Å². The van der Waals surface area contributed by atoms with Gasteiger partial charge in [-0.3, -0.25) is 0 Å². The van der Waals surface area contributed by atoms with Crippen LogP contribution in [0.5, 0.6) is 0 Å². The van der Waals surface area contributed by atoms with Crippen LogP contribution >= 0.6 is 0 Å². The lowest BCUT2D eigenvalue weighted by Crippen LogP contribution is -2.18. The third-order valence-corrected chi connectivity index (χ3v) is 2.37. The first-order valence-electron chi connectivity index (χ1n) is 6.48. The lowest BCUT2D eigenvalue weighted by molar-refractivity contribution is -0.0878. The molecule has 0 saturated carbocycles. The SMILES string of the molecule is C=C(/C=C\C(=C)C(F)(F)F)N(C)CCC(C)C.CC. The molecule has 112 valence electrons. The topological polar surface area (TPSA) is 3.24 Å². The molecule has 0 aromatic carbocycles. The van der Waals surface area contributed by atoms with Crippen LogP contribution in [0.25, 0.3) is 0 Å². The second-order valence-corrected chi connectivity index (χ2v) is 4.45. The van der Waals surface area contributed by atoms with Crippen molar-refractivity contribution in [2.24, 2.45) is 5.92 Å². The molecular weight excluding hydrogens is 251 g/mol. The van der Waals surface area contributed by atoms with Gasteiger partial charge in [-0.25, -0.2) is 0 Å². The molecule has 0 N–H and O–H groups in total. The van der Waals surface area contributed by atoms with Crippen LogP contribution in [-0.2, 0) is 0 Å². The summed E-state index contributed by atoms with van der Waals surface area (Å²) in [6.07, 6.45) is -1.10. The smallest absolute Gasteiger partial charge is 0.375 e. The molecule has 19 heavy (non-hydrogen) atoms. The van der Waals surface area contributed by atoms with Crippen molar-refractivity contribution >= 4 is 0 Å². The fourth-order valence-electron chi connectivity index (χ4n) is 1.01. The fraction of sp³-hybridized carbons (Fsp3) is 0.600. The van der Waals surface area contributed by atoms with Gasteiger partial charge in [0.1, 0.15) is 0 Å². The van der Waals surface area contributed by atoms with Crippen LogP contribution in [0.1, 0.15) is 34.1 Å². The molecule has 0 aliphatic heterocycles. The molecule has 0 spiro atoms. The van der Waals surface area contributed by atoms with Gasteiger partial charge in [-0.2, -0.15) is 13.2 Å². The third kappa shape index (κ3) is 10.4. The van der Waals surface area contributed by atoms with Crippen molar-refractivity contribution < 1.29 is 13.2 Å². The largest absolute Gasteiger partial charge is 0.415 e. The minimum Gasteiger partial charge on any atom is -0.375 e. The number of halogens is 3. The number of nitrogens with zero attached hydrogens (tertiary/aromatic N) is 1. The second kappa shape index (κ2) is 9.70. The van der Waals surface area contributed by atoms with Crippen molar-refractivity contribution in [3.8, 4) is 0 Å². The van der Waals surface area contributed by atoms with E-state index < -0.39 is 11.7 Å². The molecule has 0 unspecified atom stereocenters. The summed E-state index contributed by atoms with van der Waals surface area (Å²) < 4.78 is 36.5. The Morgan fingerprint density at radius 2 is 1.63 bits per heavy atom. The first kappa shape index (κ1) is 20.1. The summed E-state index contributed by atoms with van der Waals surface area (Å²) >= 11 is 0. The van der Waals surface area contributed by atoms with E-state index in [1.165, 1.54) is 6.08 Å². The Bertz CT molecular complexity index is 301. The van der Waals surface area contributed by atoms with Crippen molar-refractivity contribution in [3.05, 3.63) is 36.6 Å². The molecule has 4 heteroatoms. The van der Waals surface area contributed by atoms with Gasteiger partial charge in [0.2, 0.25) is 0 Å². The van der Waals surface area contributed by atoms with E-state index in [1.54, 1.807) is 0 Å². The van der Waals surface area contributed by atoms with E-state index in [4.69, 9.17) is 0 Å². The van der Waals surface area contributed by atoms with Crippen LogP contribution in [0.3, 0.4) is 0 Å². The maximum absolute atomic E-state index is 12.2. The average molecular weight is 277 g/mol. The van der Waals surface area contributed by atoms with Crippen molar-refractivity contribution in [1.82, 2.24) is 4.90 Å². The van der Waals surface area contributed by atoms with Gasteiger partial charge < -0.3 is 4.90 Å². The molecular formula is C15H26F3N. The van der Waals surface area contributed by atoms with E-state index in [-0.39, 0.29) is 0 Å². The van der Waals surface area contributed by atoms with Crippen LogP contribution in [0.15, 0.2) is 36.6 Å². The van der Waals surface area contributed by atoms with Crippen molar-refractivity contribution in [1.29, 1.82) is 0 Å². The second-order valence-electron chi connectivity index (χ2n) is 4.45. The van der Waals surface area contributed by atoms with E-state index in [1.807, 2.05) is 25.8 Å². The molecule has 0 radical (unpaired) electrons. The van der Waals surface area contributed by atoms with E-state index in [0.717, 1.165) is 19.0 Å². The standard InChI is InChI=1S/C13H20F3N.C2H6/c1-10(2)8-9-17(5)12(4)7-6-11(3)13(14,15)16;1-2/h6-7,10H,3-4,8-9H2,1-2,5H3;1-2H3/b7-6-;. The quantitative estimate of drug-likeness (QED) is 0.605. The van der Waals surface area contributed by atoms with Crippen molar-refractivity contribution in [2.75, 3.05) is 13.6 Å². The average Bonchev–Trinajstić information content (AvgIpc) is 2.33. The highest BCUT2D eigenvalue weighted by Crippen LogP contribution is 2.25. The van der Waals surface area contributed by atoms with Crippen LogP contribution in [-0.4, -0.2) is 24.7 Å². The highest BCUT2D eigenvalue weighted by Gasteiger charge is 2.29. The van der Waals surface area contributed by atoms with Crippen LogP contribution in [0.4, 0.5) is 13.2 Å². The summed E-state index contributed by atoms with van der Waals surface area (Å²) in [7, 11) is 1.81. The highest BCUT2D eigenvalue weighted by molar-refractivity contribution is 5.26. The normalized spacial score (nSPS) is 11.2. The maximum Gasteiger partial charge on any atom is 0.415 e. The molecule has 1 nitrogen and oxygen atoms in total. The first-order valence-corrected chi connectivity index (χ1v) is 6.48. The fourth-order valence-corrected chi connectivity index (χ4v) is 1.01. The minimum atomic E-state index is -4.37. The number of likely N-dealkylation sites (N-methyl/N-ethyl adjacent to an activating group) is 1. The molecule has 0 aliphatic carbocycles. The third-order valence-electron chi connectivity index (χ3n) is 2.37. The zero-order chi connectivity index (χ0) is 15.6. The summed E-state index contributed by atoms with van der Waals surface area (Å²) in [6.45, 7) is 15.6. The summed E-state index contributed by atoms with van der Waals surface area (Å²) in [5, 5.41) is 0. The summed E-state index contributed by atoms with van der Waals surface area (Å²) in [6, 6.07) is 0. The van der Waals surface area contributed by atoms with Gasteiger partial charge in [-0.15, -0.1) is 0 Å². The van der Waals surface area contributed by atoms with Gasteiger partial charge in [0, 0.05) is 24.9 Å². The summed E-state index contributed by atoms with van der Waals surface area (Å²) in [5.41, 5.74) is -0.313. The molecule has 0 fully saturated rings. The lowest BCUT2D eigenvalue weighted by atomic mass is 10.1. The van der Waals surface area contributed by atoms with Crippen molar-refractivity contribution in [3.63, 3.8) is 0 Å². The monoisotopic (exact) mass is 277 g/mol. The molecule has 0 heterocycles. The minimum absolute atomic E-state index is 0.552. The number of rotatable bonds is 6. The Hall–Kier alpha value is -1.19. The zero-order valence-corrected chi connectivity index (χ0v) is 12.6. The molecule has 0 atom stereocenters. The predicted molar refractivity (Wildman–Crippen MR) is 76.9 cm³/mol. The number of hydrogen-bond acceptors (Lipinski definition) is 1.